The van der Waals surface area contributed by atoms with Gasteiger partial charge in [-0.3, -0.25) is 9.59 Å². The number of carbonyl (C=O) groups is 2. The van der Waals surface area contributed by atoms with Crippen LogP contribution in [0.5, 0.6) is 0 Å². The molecule has 2 aromatic rings. The normalized spacial score (nSPS) is 22.4. The van der Waals surface area contributed by atoms with E-state index >= 15 is 0 Å². The van der Waals surface area contributed by atoms with E-state index in [1.54, 1.807) is 17.4 Å². The van der Waals surface area contributed by atoms with Crippen LogP contribution in [0, 0.1) is 17.8 Å². The predicted octanol–water partition coefficient (Wildman–Crippen LogP) is 11.8. The highest BCUT2D eigenvalue weighted by molar-refractivity contribution is 7.08. The summed E-state index contributed by atoms with van der Waals surface area (Å²) < 4.78 is 35.3. The van der Waals surface area contributed by atoms with Crippen LogP contribution in [0.3, 0.4) is 0 Å². The number of nitrogen functional groups attached to an aromatic ring is 1. The Labute approximate surface area is 311 Å². The average Bonchev–Trinajstić information content (AvgIpc) is 3.79. The summed E-state index contributed by atoms with van der Waals surface area (Å²) in [4.78, 5) is 26.9. The third-order valence-corrected chi connectivity index (χ3v) is 13.0. The molecular weight excluding hydrogens is 684 g/mol. The van der Waals surface area contributed by atoms with E-state index in [9.17, 15) is 18.4 Å². The van der Waals surface area contributed by atoms with Crippen molar-refractivity contribution in [3.05, 3.63) is 79.0 Å². The zero-order valence-corrected chi connectivity index (χ0v) is 31.7. The van der Waals surface area contributed by atoms with Gasteiger partial charge < -0.3 is 10.5 Å². The molecule has 1 saturated carbocycles. The van der Waals surface area contributed by atoms with Crippen LogP contribution in [-0.4, -0.2) is 24.3 Å². The quantitative estimate of drug-likeness (QED) is 0.155. The number of ketones is 2. The Balaban J connectivity index is 1.06. The fraction of sp³-hybridized carbons (Fsp3) is 0.581. The van der Waals surface area contributed by atoms with Crippen molar-refractivity contribution in [1.29, 1.82) is 0 Å². The largest absolute Gasteiger partial charge is 0.397 e. The molecule has 4 nitrogen and oxygen atoms in total. The van der Waals surface area contributed by atoms with E-state index in [0.29, 0.717) is 36.2 Å². The van der Waals surface area contributed by atoms with Gasteiger partial charge in [0.05, 0.1) is 17.3 Å². The third-order valence-electron chi connectivity index (χ3n) is 11.8. The van der Waals surface area contributed by atoms with E-state index in [1.165, 1.54) is 54.9 Å². The smallest absolute Gasteiger partial charge is 0.272 e. The maximum Gasteiger partial charge on any atom is 0.272 e. The van der Waals surface area contributed by atoms with Gasteiger partial charge in [-0.1, -0.05) is 55.0 Å². The van der Waals surface area contributed by atoms with E-state index in [4.69, 9.17) is 22.1 Å². The number of aryl methyl sites for hydroxylation is 1. The first-order valence-electron chi connectivity index (χ1n) is 19.3. The second-order valence-electron chi connectivity index (χ2n) is 15.7. The van der Waals surface area contributed by atoms with Gasteiger partial charge in [-0.2, -0.15) is 11.3 Å². The molecule has 1 fully saturated rings. The number of hydrogen-bond acceptors (Lipinski definition) is 5. The minimum Gasteiger partial charge on any atom is -0.397 e. The molecule has 0 amide bonds. The summed E-state index contributed by atoms with van der Waals surface area (Å²) in [7, 11) is 0. The molecule has 2 unspecified atom stereocenters. The molecule has 0 saturated heterocycles. The molecule has 0 spiro atoms. The molecule has 51 heavy (non-hydrogen) atoms. The van der Waals surface area contributed by atoms with Crippen molar-refractivity contribution in [2.45, 2.75) is 135 Å². The van der Waals surface area contributed by atoms with Crippen molar-refractivity contribution in [3.63, 3.8) is 0 Å². The topological polar surface area (TPSA) is 69.4 Å². The number of benzene rings is 1. The molecule has 0 aliphatic heterocycles. The number of carbonyl (C=O) groups excluding carboxylic acids is 2. The lowest BCUT2D eigenvalue weighted by atomic mass is 9.81. The molecule has 8 heteroatoms. The number of rotatable bonds is 14. The molecular formula is C43H54ClF2NO3S. The first kappa shape index (κ1) is 38.1. The fourth-order valence-electron chi connectivity index (χ4n) is 8.71. The Morgan fingerprint density at radius 1 is 0.980 bits per heavy atom. The van der Waals surface area contributed by atoms with Crippen LogP contribution in [0.4, 0.5) is 14.5 Å². The summed E-state index contributed by atoms with van der Waals surface area (Å²) in [5.74, 6) is -0.915. The highest BCUT2D eigenvalue weighted by Gasteiger charge is 2.32. The zero-order valence-electron chi connectivity index (χ0n) is 30.1. The number of hydrogen-bond donors (Lipinski definition) is 1. The number of allylic oxidation sites excluding steroid dienone is 3. The average molecular weight is 738 g/mol. The van der Waals surface area contributed by atoms with Crippen molar-refractivity contribution < 1.29 is 23.1 Å². The summed E-state index contributed by atoms with van der Waals surface area (Å²) in [6.45, 7) is 1.19. The maximum absolute atomic E-state index is 14.4. The molecule has 2 N–H and O–H groups in total. The number of ether oxygens (including phenoxy) is 1. The predicted molar refractivity (Wildman–Crippen MR) is 205 cm³/mol. The van der Waals surface area contributed by atoms with Crippen LogP contribution in [0.15, 0.2) is 51.8 Å². The number of Topliss-reactive ketones (excluding diaryl/α,β-unsaturated/α-hetero) is 2. The van der Waals surface area contributed by atoms with Crippen LogP contribution < -0.4 is 5.73 Å². The van der Waals surface area contributed by atoms with Gasteiger partial charge in [-0.15, -0.1) is 0 Å². The third kappa shape index (κ3) is 10.3. The van der Waals surface area contributed by atoms with Crippen molar-refractivity contribution in [1.82, 2.24) is 0 Å². The summed E-state index contributed by atoms with van der Waals surface area (Å²) in [6, 6.07) is 2.97. The van der Waals surface area contributed by atoms with Crippen molar-refractivity contribution in [2.24, 2.45) is 17.8 Å². The van der Waals surface area contributed by atoms with E-state index in [-0.39, 0.29) is 28.5 Å². The minimum absolute atomic E-state index is 0.0441. The Hall–Kier alpha value is -2.61. The van der Waals surface area contributed by atoms with Crippen molar-refractivity contribution in [2.75, 3.05) is 12.3 Å². The van der Waals surface area contributed by atoms with Gasteiger partial charge >= 0.3 is 0 Å². The Morgan fingerprint density at radius 3 is 2.49 bits per heavy atom. The standard InChI is InChI=1S/C43H54ClF2NO3S/c1-43(45,46)37-22-32(23-38(44)41(37)47)24-40(42(49)33-16-14-31(15-17-33)21-30-5-2-3-6-30)50-20-19-29-11-9-28(10-12-29)13-18-34-25-36-27-51-26-35(36)7-4-8-39(34)48/h11,16,22-23,25-28,30-31,40H,2-10,12-15,17-21,24,47H2,1H3/t28?,31?,40-/m1/s1. The van der Waals surface area contributed by atoms with Gasteiger partial charge in [0, 0.05) is 25.3 Å². The summed E-state index contributed by atoms with van der Waals surface area (Å²) in [6.07, 6.45) is 23.3. The lowest BCUT2D eigenvalue weighted by molar-refractivity contribution is -0.127. The molecule has 4 aliphatic rings. The molecule has 276 valence electrons. The number of thiophene rings is 1. The first-order valence-corrected chi connectivity index (χ1v) is 20.6. The zero-order chi connectivity index (χ0) is 36.0. The van der Waals surface area contributed by atoms with Gasteiger partial charge in [0.25, 0.3) is 5.92 Å². The Bertz CT molecular complexity index is 1650. The number of anilines is 1. The molecule has 3 atom stereocenters. The Morgan fingerprint density at radius 2 is 1.76 bits per heavy atom. The van der Waals surface area contributed by atoms with Crippen LogP contribution in [-0.2, 0) is 33.1 Å². The van der Waals surface area contributed by atoms with E-state index in [1.807, 2.05) is 0 Å². The van der Waals surface area contributed by atoms with Crippen LogP contribution >= 0.6 is 22.9 Å². The van der Waals surface area contributed by atoms with Crippen LogP contribution in [0.25, 0.3) is 6.08 Å². The second kappa shape index (κ2) is 17.5. The van der Waals surface area contributed by atoms with Crippen LogP contribution in [0.1, 0.15) is 132 Å². The minimum atomic E-state index is -3.16. The molecule has 1 aromatic heterocycles. The van der Waals surface area contributed by atoms with Crippen molar-refractivity contribution >= 4 is 46.3 Å². The molecule has 0 bridgehead atoms. The monoisotopic (exact) mass is 737 g/mol. The summed E-state index contributed by atoms with van der Waals surface area (Å²) in [5, 5.41) is 4.44. The molecule has 1 heterocycles. The molecule has 6 rings (SSSR count). The lowest BCUT2D eigenvalue weighted by Crippen LogP contribution is -2.30. The summed E-state index contributed by atoms with van der Waals surface area (Å²) in [5.41, 5.74) is 11.7. The van der Waals surface area contributed by atoms with Gasteiger partial charge in [0.15, 0.2) is 11.6 Å². The second-order valence-corrected chi connectivity index (χ2v) is 16.9. The molecule has 0 radical (unpaired) electrons. The SMILES string of the molecule is CC(F)(F)c1cc(C[C@@H](OCCC2=CCC(CCC3=Cc4cscc4CCCC3=O)CC2)C(=O)C2=CCC(CC3CCCC3)CC2)cc(Cl)c1N. The van der Waals surface area contributed by atoms with Gasteiger partial charge in [-0.25, -0.2) is 8.78 Å². The molecule has 1 aromatic carbocycles. The van der Waals surface area contributed by atoms with E-state index in [0.717, 1.165) is 94.6 Å². The number of fused-ring (bicyclic) bond motifs is 1. The highest BCUT2D eigenvalue weighted by atomic mass is 35.5. The van der Waals surface area contributed by atoms with Crippen LogP contribution in [0.2, 0.25) is 5.02 Å². The number of nitrogens with two attached hydrogens (primary N) is 1. The number of alkyl halides is 2. The fourth-order valence-corrected chi connectivity index (χ4v) is 9.81. The molecule has 4 aliphatic carbocycles. The first-order chi connectivity index (χ1) is 24.5. The van der Waals surface area contributed by atoms with E-state index < -0.39 is 12.0 Å². The maximum atomic E-state index is 14.4. The lowest BCUT2D eigenvalue weighted by Gasteiger charge is -2.27. The van der Waals surface area contributed by atoms with Gasteiger partial charge in [0.2, 0.25) is 0 Å². The van der Waals surface area contributed by atoms with Crippen molar-refractivity contribution in [3.8, 4) is 0 Å². The van der Waals surface area contributed by atoms with Gasteiger partial charge in [-0.05, 0) is 152 Å². The van der Waals surface area contributed by atoms with Gasteiger partial charge in [0.1, 0.15) is 6.10 Å². The summed E-state index contributed by atoms with van der Waals surface area (Å²) >= 11 is 8.04. The van der Waals surface area contributed by atoms with E-state index in [2.05, 4.69) is 29.0 Å². The Kier molecular flexibility index (Phi) is 13.1. The number of halogens is 3. The highest BCUT2D eigenvalue weighted by Crippen LogP contribution is 2.39.